The fourth-order valence-electron chi connectivity index (χ4n) is 2.94. The molecule has 0 spiro atoms. The standard InChI is InChI=1S/C19H22FN3O2/c1-14-11-15(20)13-17(12-14)22-7-9-23(10-8-22)19(24)21-16-3-5-18(25-2)6-4-16/h3-6,11-13H,7-10H2,1-2H3,(H,21,24). The minimum Gasteiger partial charge on any atom is -0.497 e. The Morgan fingerprint density at radius 3 is 2.36 bits per heavy atom. The second-order valence-electron chi connectivity index (χ2n) is 6.12. The van der Waals surface area contributed by atoms with Crippen LogP contribution in [-0.4, -0.2) is 44.2 Å². The number of nitrogens with zero attached hydrogens (tertiary/aromatic N) is 2. The van der Waals surface area contributed by atoms with Crippen molar-refractivity contribution in [1.82, 2.24) is 4.90 Å². The number of aryl methyl sites for hydroxylation is 1. The molecule has 0 unspecified atom stereocenters. The van der Waals surface area contributed by atoms with Crippen LogP contribution in [-0.2, 0) is 0 Å². The Morgan fingerprint density at radius 1 is 1.08 bits per heavy atom. The Balaban J connectivity index is 1.56. The van der Waals surface area contributed by atoms with Gasteiger partial charge < -0.3 is 19.9 Å². The highest BCUT2D eigenvalue weighted by Crippen LogP contribution is 2.20. The summed E-state index contributed by atoms with van der Waals surface area (Å²) in [6.07, 6.45) is 0. The van der Waals surface area contributed by atoms with Crippen LogP contribution in [0.4, 0.5) is 20.6 Å². The smallest absolute Gasteiger partial charge is 0.321 e. The number of methoxy groups -OCH3 is 1. The third kappa shape index (κ3) is 4.21. The first-order valence-electron chi connectivity index (χ1n) is 8.27. The molecule has 0 atom stereocenters. The third-order valence-corrected chi connectivity index (χ3v) is 4.30. The predicted octanol–water partition coefficient (Wildman–Crippen LogP) is 3.50. The average molecular weight is 343 g/mol. The SMILES string of the molecule is COc1ccc(NC(=O)N2CCN(c3cc(C)cc(F)c3)CC2)cc1. The van der Waals surface area contributed by atoms with Crippen LogP contribution in [0.25, 0.3) is 0 Å². The summed E-state index contributed by atoms with van der Waals surface area (Å²) >= 11 is 0. The van der Waals surface area contributed by atoms with Gasteiger partial charge in [0.1, 0.15) is 11.6 Å². The van der Waals surface area contributed by atoms with Crippen molar-refractivity contribution in [3.05, 3.63) is 53.8 Å². The molecule has 2 aromatic rings. The van der Waals surface area contributed by atoms with E-state index in [-0.39, 0.29) is 11.8 Å². The molecular weight excluding hydrogens is 321 g/mol. The highest BCUT2D eigenvalue weighted by molar-refractivity contribution is 5.89. The number of piperazine rings is 1. The lowest BCUT2D eigenvalue weighted by atomic mass is 10.2. The molecule has 0 aromatic heterocycles. The van der Waals surface area contributed by atoms with Crippen molar-refractivity contribution in [2.75, 3.05) is 43.5 Å². The zero-order chi connectivity index (χ0) is 17.8. The van der Waals surface area contributed by atoms with Gasteiger partial charge in [-0.1, -0.05) is 0 Å². The van der Waals surface area contributed by atoms with Crippen LogP contribution in [0.2, 0.25) is 0 Å². The summed E-state index contributed by atoms with van der Waals surface area (Å²) in [4.78, 5) is 16.3. The van der Waals surface area contributed by atoms with Gasteiger partial charge in [0.25, 0.3) is 0 Å². The third-order valence-electron chi connectivity index (χ3n) is 4.30. The van der Waals surface area contributed by atoms with E-state index in [9.17, 15) is 9.18 Å². The average Bonchev–Trinajstić information content (AvgIpc) is 2.61. The number of halogens is 1. The first-order chi connectivity index (χ1) is 12.0. The number of ether oxygens (including phenoxy) is 1. The van der Waals surface area contributed by atoms with Crippen molar-refractivity contribution in [3.63, 3.8) is 0 Å². The quantitative estimate of drug-likeness (QED) is 0.928. The number of benzene rings is 2. The molecule has 6 heteroatoms. The fraction of sp³-hybridized carbons (Fsp3) is 0.316. The zero-order valence-corrected chi connectivity index (χ0v) is 14.5. The van der Waals surface area contributed by atoms with E-state index in [4.69, 9.17) is 4.74 Å². The number of rotatable bonds is 3. The van der Waals surface area contributed by atoms with E-state index in [1.807, 2.05) is 25.1 Å². The van der Waals surface area contributed by atoms with Crippen molar-refractivity contribution in [2.45, 2.75) is 6.92 Å². The van der Waals surface area contributed by atoms with E-state index >= 15 is 0 Å². The summed E-state index contributed by atoms with van der Waals surface area (Å²) in [6.45, 7) is 4.43. The minimum atomic E-state index is -0.227. The topological polar surface area (TPSA) is 44.8 Å². The highest BCUT2D eigenvalue weighted by atomic mass is 19.1. The number of nitrogens with one attached hydrogen (secondary N) is 1. The van der Waals surface area contributed by atoms with Gasteiger partial charge in [0.2, 0.25) is 0 Å². The van der Waals surface area contributed by atoms with E-state index in [1.54, 1.807) is 30.2 Å². The van der Waals surface area contributed by atoms with E-state index < -0.39 is 0 Å². The van der Waals surface area contributed by atoms with Crippen LogP contribution in [0.1, 0.15) is 5.56 Å². The number of anilines is 2. The van der Waals surface area contributed by atoms with Crippen LogP contribution in [0.15, 0.2) is 42.5 Å². The van der Waals surface area contributed by atoms with Crippen molar-refractivity contribution in [3.8, 4) is 5.75 Å². The van der Waals surface area contributed by atoms with Gasteiger partial charge in [-0.25, -0.2) is 9.18 Å². The number of amides is 2. The lowest BCUT2D eigenvalue weighted by molar-refractivity contribution is 0.208. The van der Waals surface area contributed by atoms with E-state index in [1.165, 1.54) is 6.07 Å². The maximum atomic E-state index is 13.6. The summed E-state index contributed by atoms with van der Waals surface area (Å²) in [5.41, 5.74) is 2.50. The Labute approximate surface area is 147 Å². The van der Waals surface area contributed by atoms with Crippen molar-refractivity contribution in [2.24, 2.45) is 0 Å². The van der Waals surface area contributed by atoms with Gasteiger partial charge in [-0.2, -0.15) is 0 Å². The molecule has 0 radical (unpaired) electrons. The molecule has 1 fully saturated rings. The molecule has 5 nitrogen and oxygen atoms in total. The molecule has 1 aliphatic rings. The first-order valence-corrected chi connectivity index (χ1v) is 8.27. The van der Waals surface area contributed by atoms with Crippen molar-refractivity contribution >= 4 is 17.4 Å². The Hall–Kier alpha value is -2.76. The Morgan fingerprint density at radius 2 is 1.76 bits per heavy atom. The molecule has 1 N–H and O–H groups in total. The molecule has 1 saturated heterocycles. The highest BCUT2D eigenvalue weighted by Gasteiger charge is 2.21. The van der Waals surface area contributed by atoms with Crippen LogP contribution in [0.3, 0.4) is 0 Å². The minimum absolute atomic E-state index is 0.125. The summed E-state index contributed by atoms with van der Waals surface area (Å²) in [6, 6.07) is 12.1. The Kier molecular flexibility index (Phi) is 5.07. The molecule has 0 saturated carbocycles. The van der Waals surface area contributed by atoms with Crippen LogP contribution >= 0.6 is 0 Å². The summed E-state index contributed by atoms with van der Waals surface area (Å²) in [5.74, 6) is 0.520. The summed E-state index contributed by atoms with van der Waals surface area (Å²) in [5, 5.41) is 2.89. The maximum absolute atomic E-state index is 13.6. The maximum Gasteiger partial charge on any atom is 0.321 e. The van der Waals surface area contributed by atoms with Crippen molar-refractivity contribution in [1.29, 1.82) is 0 Å². The van der Waals surface area contributed by atoms with Crippen LogP contribution in [0.5, 0.6) is 5.75 Å². The zero-order valence-electron chi connectivity index (χ0n) is 14.5. The monoisotopic (exact) mass is 343 g/mol. The van der Waals surface area contributed by atoms with E-state index in [2.05, 4.69) is 10.2 Å². The van der Waals surface area contributed by atoms with Gasteiger partial charge in [-0.05, 0) is 55.0 Å². The predicted molar refractivity (Wildman–Crippen MR) is 96.9 cm³/mol. The molecule has 1 aliphatic heterocycles. The number of hydrogen-bond acceptors (Lipinski definition) is 3. The Bertz CT molecular complexity index is 721. The van der Waals surface area contributed by atoms with Crippen LogP contribution in [0, 0.1) is 12.7 Å². The molecule has 0 bridgehead atoms. The molecule has 3 rings (SSSR count). The molecule has 2 aromatic carbocycles. The van der Waals surface area contributed by atoms with Crippen LogP contribution < -0.4 is 15.0 Å². The van der Waals surface area contributed by atoms with Gasteiger partial charge in [-0.3, -0.25) is 0 Å². The largest absolute Gasteiger partial charge is 0.497 e. The summed E-state index contributed by atoms with van der Waals surface area (Å²) in [7, 11) is 1.60. The molecule has 25 heavy (non-hydrogen) atoms. The van der Waals surface area contributed by atoms with Gasteiger partial charge in [-0.15, -0.1) is 0 Å². The molecule has 0 aliphatic carbocycles. The van der Waals surface area contributed by atoms with Gasteiger partial charge in [0.15, 0.2) is 0 Å². The molecular formula is C19H22FN3O2. The first kappa shape index (κ1) is 17.1. The summed E-state index contributed by atoms with van der Waals surface area (Å²) < 4.78 is 18.7. The van der Waals surface area contributed by atoms with E-state index in [0.29, 0.717) is 26.2 Å². The number of carbonyl (C=O) groups excluding carboxylic acids is 1. The van der Waals surface area contributed by atoms with Gasteiger partial charge in [0.05, 0.1) is 7.11 Å². The molecule has 1 heterocycles. The van der Waals surface area contributed by atoms with Gasteiger partial charge >= 0.3 is 6.03 Å². The van der Waals surface area contributed by atoms with Gasteiger partial charge in [0, 0.05) is 37.6 Å². The number of hydrogen-bond donors (Lipinski definition) is 1. The lowest BCUT2D eigenvalue weighted by Crippen LogP contribution is -2.50. The second kappa shape index (κ2) is 7.42. The van der Waals surface area contributed by atoms with Crippen molar-refractivity contribution < 1.29 is 13.9 Å². The fourth-order valence-corrected chi connectivity index (χ4v) is 2.94. The molecule has 132 valence electrons. The van der Waals surface area contributed by atoms with E-state index in [0.717, 1.165) is 22.7 Å². The molecule has 2 amide bonds. The number of urea groups is 1. The normalized spacial score (nSPS) is 14.4. The number of carbonyl (C=O) groups is 1. The second-order valence-corrected chi connectivity index (χ2v) is 6.12. The lowest BCUT2D eigenvalue weighted by Gasteiger charge is -2.36.